The number of nitrogens with one attached hydrogen (secondary N) is 2. The van der Waals surface area contributed by atoms with Crippen molar-refractivity contribution >= 4 is 22.8 Å². The summed E-state index contributed by atoms with van der Waals surface area (Å²) in [4.78, 5) is 16.4. The summed E-state index contributed by atoms with van der Waals surface area (Å²) in [5, 5.41) is 7.79. The summed E-state index contributed by atoms with van der Waals surface area (Å²) in [7, 11) is 4.09. The molecule has 1 aliphatic heterocycles. The van der Waals surface area contributed by atoms with Crippen LogP contribution in [0, 0.1) is 19.3 Å². The molecule has 0 aromatic carbocycles. The third kappa shape index (κ3) is 2.41. The third-order valence-corrected chi connectivity index (χ3v) is 5.24. The number of hydrogen-bond donors (Lipinski definition) is 2. The first-order valence-electron chi connectivity index (χ1n) is 8.29. The van der Waals surface area contributed by atoms with Crippen LogP contribution in [0.1, 0.15) is 24.1 Å². The van der Waals surface area contributed by atoms with Crippen LogP contribution in [-0.2, 0) is 0 Å². The second-order valence-electron chi connectivity index (χ2n) is 7.18. The lowest BCUT2D eigenvalue weighted by Gasteiger charge is -2.19. The first kappa shape index (κ1) is 14.6. The molecule has 1 atom stereocenters. The molecule has 23 heavy (non-hydrogen) atoms. The maximum atomic E-state index is 4.70. The quantitative estimate of drug-likeness (QED) is 0.906. The average Bonchev–Trinajstić information content (AvgIpc) is 3.18. The summed E-state index contributed by atoms with van der Waals surface area (Å²) >= 11 is 0. The van der Waals surface area contributed by atoms with Gasteiger partial charge in [0.25, 0.3) is 0 Å². The zero-order chi connectivity index (χ0) is 16.2. The largest absolute Gasteiger partial charge is 0.372 e. The van der Waals surface area contributed by atoms with Crippen molar-refractivity contribution in [2.45, 2.75) is 32.7 Å². The molecule has 0 amide bonds. The van der Waals surface area contributed by atoms with Crippen molar-refractivity contribution in [3.8, 4) is 0 Å². The minimum Gasteiger partial charge on any atom is -0.372 e. The predicted molar refractivity (Wildman–Crippen MR) is 92.9 cm³/mol. The number of rotatable bonds is 3. The first-order valence-corrected chi connectivity index (χ1v) is 8.29. The zero-order valence-electron chi connectivity index (χ0n) is 14.3. The fourth-order valence-electron chi connectivity index (χ4n) is 3.96. The highest BCUT2D eigenvalue weighted by Crippen LogP contribution is 2.53. The number of pyridine rings is 1. The van der Waals surface area contributed by atoms with Crippen LogP contribution in [0.5, 0.6) is 0 Å². The molecule has 1 saturated carbocycles. The van der Waals surface area contributed by atoms with Crippen molar-refractivity contribution in [3.05, 3.63) is 17.3 Å². The topological polar surface area (TPSA) is 66.0 Å². The van der Waals surface area contributed by atoms with E-state index < -0.39 is 0 Å². The van der Waals surface area contributed by atoms with E-state index in [0.717, 1.165) is 34.7 Å². The summed E-state index contributed by atoms with van der Waals surface area (Å²) in [6.07, 6.45) is 2.61. The molecular formula is C17H24N6. The second kappa shape index (κ2) is 5.03. The molecule has 3 heterocycles. The lowest BCUT2D eigenvalue weighted by atomic mass is 10.0. The van der Waals surface area contributed by atoms with Gasteiger partial charge in [0.05, 0.1) is 5.39 Å². The lowest BCUT2D eigenvalue weighted by molar-refractivity contribution is 0.389. The SMILES string of the molecule is CNc1nc(NC2CN(C)CC23CC3)nc2nc(C)cc(C)c12. The number of hydrogen-bond acceptors (Lipinski definition) is 6. The van der Waals surface area contributed by atoms with Gasteiger partial charge in [-0.2, -0.15) is 9.97 Å². The summed E-state index contributed by atoms with van der Waals surface area (Å²) in [5.41, 5.74) is 3.34. The van der Waals surface area contributed by atoms with Gasteiger partial charge in [-0.05, 0) is 45.4 Å². The van der Waals surface area contributed by atoms with Crippen molar-refractivity contribution in [2.75, 3.05) is 37.8 Å². The Balaban J connectivity index is 1.73. The number of likely N-dealkylation sites (N-methyl/N-ethyl adjacent to an activating group) is 1. The minimum atomic E-state index is 0.431. The van der Waals surface area contributed by atoms with E-state index >= 15 is 0 Å². The Hall–Kier alpha value is -1.95. The fourth-order valence-corrected chi connectivity index (χ4v) is 3.96. The van der Waals surface area contributed by atoms with Gasteiger partial charge in [0.15, 0.2) is 5.65 Å². The Morgan fingerprint density at radius 2 is 2.00 bits per heavy atom. The third-order valence-electron chi connectivity index (χ3n) is 5.24. The molecule has 2 aliphatic rings. The Bertz CT molecular complexity index is 767. The highest BCUT2D eigenvalue weighted by Gasteiger charge is 2.54. The summed E-state index contributed by atoms with van der Waals surface area (Å²) in [6, 6.07) is 2.51. The van der Waals surface area contributed by atoms with Crippen molar-refractivity contribution in [1.82, 2.24) is 19.9 Å². The van der Waals surface area contributed by atoms with Gasteiger partial charge in [0, 0.05) is 37.3 Å². The molecule has 6 heteroatoms. The van der Waals surface area contributed by atoms with Gasteiger partial charge >= 0.3 is 0 Å². The average molecular weight is 312 g/mol. The monoisotopic (exact) mass is 312 g/mol. The zero-order valence-corrected chi connectivity index (χ0v) is 14.3. The Morgan fingerprint density at radius 3 is 2.70 bits per heavy atom. The van der Waals surface area contributed by atoms with E-state index in [-0.39, 0.29) is 0 Å². The van der Waals surface area contributed by atoms with E-state index in [4.69, 9.17) is 9.97 Å². The molecule has 4 rings (SSSR count). The van der Waals surface area contributed by atoms with Crippen molar-refractivity contribution in [1.29, 1.82) is 0 Å². The highest BCUT2D eigenvalue weighted by atomic mass is 15.2. The van der Waals surface area contributed by atoms with Crippen molar-refractivity contribution in [2.24, 2.45) is 5.41 Å². The van der Waals surface area contributed by atoms with Crippen LogP contribution in [0.3, 0.4) is 0 Å². The molecule has 6 nitrogen and oxygen atoms in total. The molecule has 0 bridgehead atoms. The first-order chi connectivity index (χ1) is 11.0. The number of fused-ring (bicyclic) bond motifs is 1. The highest BCUT2D eigenvalue weighted by molar-refractivity contribution is 5.90. The molecular weight excluding hydrogens is 288 g/mol. The number of aryl methyl sites for hydroxylation is 2. The minimum absolute atomic E-state index is 0.431. The van der Waals surface area contributed by atoms with Crippen LogP contribution in [0.2, 0.25) is 0 Å². The Labute approximate surface area is 136 Å². The Morgan fingerprint density at radius 1 is 1.22 bits per heavy atom. The van der Waals surface area contributed by atoms with Gasteiger partial charge in [0.2, 0.25) is 5.95 Å². The van der Waals surface area contributed by atoms with Gasteiger partial charge < -0.3 is 15.5 Å². The molecule has 1 aliphatic carbocycles. The van der Waals surface area contributed by atoms with Crippen LogP contribution in [0.4, 0.5) is 11.8 Å². The number of aromatic nitrogens is 3. The molecule has 2 aromatic heterocycles. The van der Waals surface area contributed by atoms with Gasteiger partial charge in [-0.25, -0.2) is 4.98 Å². The van der Waals surface area contributed by atoms with E-state index in [1.807, 2.05) is 14.0 Å². The van der Waals surface area contributed by atoms with E-state index in [1.165, 1.54) is 19.4 Å². The van der Waals surface area contributed by atoms with Crippen LogP contribution >= 0.6 is 0 Å². The van der Waals surface area contributed by atoms with Crippen molar-refractivity contribution < 1.29 is 0 Å². The van der Waals surface area contributed by atoms with Gasteiger partial charge in [-0.1, -0.05) is 0 Å². The molecule has 122 valence electrons. The molecule has 2 N–H and O–H groups in total. The van der Waals surface area contributed by atoms with E-state index in [1.54, 1.807) is 0 Å². The van der Waals surface area contributed by atoms with Crippen LogP contribution in [0.25, 0.3) is 11.0 Å². The van der Waals surface area contributed by atoms with Gasteiger partial charge in [-0.3, -0.25) is 0 Å². The van der Waals surface area contributed by atoms with Gasteiger partial charge in [0.1, 0.15) is 5.82 Å². The van der Waals surface area contributed by atoms with Crippen LogP contribution in [-0.4, -0.2) is 53.1 Å². The number of anilines is 2. The molecule has 1 spiro atoms. The summed E-state index contributed by atoms with van der Waals surface area (Å²) in [6.45, 7) is 6.31. The maximum absolute atomic E-state index is 4.70. The fraction of sp³-hybridized carbons (Fsp3) is 0.588. The number of nitrogens with zero attached hydrogens (tertiary/aromatic N) is 4. The maximum Gasteiger partial charge on any atom is 0.227 e. The molecule has 1 unspecified atom stereocenters. The molecule has 0 radical (unpaired) electrons. The molecule has 2 aromatic rings. The standard InChI is InChI=1S/C17H24N6/c1-10-7-11(2)19-15-13(10)14(18-3)21-16(22-15)20-12-8-23(4)9-17(12)5-6-17/h7,12H,5-6,8-9H2,1-4H3,(H2,18,19,20,21,22). The van der Waals surface area contributed by atoms with E-state index in [2.05, 4.69) is 40.6 Å². The predicted octanol–water partition coefficient (Wildman–Crippen LogP) is 2.19. The van der Waals surface area contributed by atoms with E-state index in [0.29, 0.717) is 17.4 Å². The summed E-state index contributed by atoms with van der Waals surface area (Å²) < 4.78 is 0. The summed E-state index contributed by atoms with van der Waals surface area (Å²) in [5.74, 6) is 1.53. The molecule has 1 saturated heterocycles. The number of likely N-dealkylation sites (tertiary alicyclic amines) is 1. The second-order valence-corrected chi connectivity index (χ2v) is 7.18. The van der Waals surface area contributed by atoms with E-state index in [9.17, 15) is 0 Å². The molecule has 2 fully saturated rings. The van der Waals surface area contributed by atoms with Crippen LogP contribution < -0.4 is 10.6 Å². The van der Waals surface area contributed by atoms with Crippen molar-refractivity contribution in [3.63, 3.8) is 0 Å². The Kier molecular flexibility index (Phi) is 3.20. The van der Waals surface area contributed by atoms with Crippen LogP contribution in [0.15, 0.2) is 6.07 Å². The van der Waals surface area contributed by atoms with Gasteiger partial charge in [-0.15, -0.1) is 0 Å². The lowest BCUT2D eigenvalue weighted by Crippen LogP contribution is -2.30. The smallest absolute Gasteiger partial charge is 0.227 e. The normalized spacial score (nSPS) is 22.7.